The molecule has 2 aromatic rings. The van der Waals surface area contributed by atoms with Gasteiger partial charge >= 0.3 is 6.09 Å². The lowest BCUT2D eigenvalue weighted by Crippen LogP contribution is -2.33. The lowest BCUT2D eigenvalue weighted by Gasteiger charge is -2.22. The molecule has 0 aliphatic rings. The zero-order valence-electron chi connectivity index (χ0n) is 15.3. The van der Waals surface area contributed by atoms with Gasteiger partial charge in [0.15, 0.2) is 0 Å². The lowest BCUT2D eigenvalue weighted by molar-refractivity contribution is -0.112. The maximum Gasteiger partial charge on any atom is 0.413 e. The van der Waals surface area contributed by atoms with E-state index >= 15 is 0 Å². The normalized spacial score (nSPS) is 11.5. The van der Waals surface area contributed by atoms with Crippen molar-refractivity contribution in [1.82, 2.24) is 5.32 Å². The van der Waals surface area contributed by atoms with Crippen LogP contribution in [0.15, 0.2) is 66.7 Å². The molecule has 1 atom stereocenters. The number of ether oxygens (including phenoxy) is 1. The zero-order chi connectivity index (χ0) is 19.1. The Morgan fingerprint density at radius 2 is 1.73 bits per heavy atom. The van der Waals surface area contributed by atoms with Crippen molar-refractivity contribution in [1.29, 1.82) is 0 Å². The number of carbonyl (C=O) groups is 2. The SMILES string of the molecule is C=C(C)C(=O)Nc1cccc(OC(=O)NC(c2ccccc2)C(C)C)c1. The molecule has 0 aliphatic carbocycles. The Kier molecular flexibility index (Phi) is 6.55. The third-order valence-corrected chi connectivity index (χ3v) is 3.79. The molecule has 0 saturated carbocycles. The maximum atomic E-state index is 12.3. The van der Waals surface area contributed by atoms with Crippen LogP contribution in [0.4, 0.5) is 10.5 Å². The molecule has 2 aromatic carbocycles. The van der Waals surface area contributed by atoms with E-state index in [-0.39, 0.29) is 17.9 Å². The van der Waals surface area contributed by atoms with E-state index in [4.69, 9.17) is 4.74 Å². The highest BCUT2D eigenvalue weighted by molar-refractivity contribution is 6.02. The van der Waals surface area contributed by atoms with E-state index in [0.29, 0.717) is 17.0 Å². The monoisotopic (exact) mass is 352 g/mol. The van der Waals surface area contributed by atoms with E-state index in [9.17, 15) is 9.59 Å². The first kappa shape index (κ1) is 19.2. The smallest absolute Gasteiger partial charge is 0.410 e. The van der Waals surface area contributed by atoms with Gasteiger partial charge in [0.2, 0.25) is 0 Å². The number of nitrogens with one attached hydrogen (secondary N) is 2. The quantitative estimate of drug-likeness (QED) is 0.741. The summed E-state index contributed by atoms with van der Waals surface area (Å²) in [4.78, 5) is 24.0. The van der Waals surface area contributed by atoms with Crippen LogP contribution in [0.3, 0.4) is 0 Å². The van der Waals surface area contributed by atoms with Crippen LogP contribution in [0.1, 0.15) is 32.4 Å². The molecule has 2 amide bonds. The third kappa shape index (κ3) is 5.48. The van der Waals surface area contributed by atoms with Gasteiger partial charge in [-0.15, -0.1) is 0 Å². The molecule has 1 unspecified atom stereocenters. The van der Waals surface area contributed by atoms with Gasteiger partial charge in [-0.3, -0.25) is 4.79 Å². The minimum atomic E-state index is -0.545. The van der Waals surface area contributed by atoms with E-state index in [1.54, 1.807) is 31.2 Å². The Labute approximate surface area is 154 Å². The first-order chi connectivity index (χ1) is 12.4. The number of carbonyl (C=O) groups excluding carboxylic acids is 2. The van der Waals surface area contributed by atoms with E-state index in [2.05, 4.69) is 17.2 Å². The number of hydrogen-bond donors (Lipinski definition) is 2. The fraction of sp³-hybridized carbons (Fsp3) is 0.238. The van der Waals surface area contributed by atoms with Gasteiger partial charge in [0.1, 0.15) is 5.75 Å². The highest BCUT2D eigenvalue weighted by atomic mass is 16.6. The number of benzene rings is 2. The lowest BCUT2D eigenvalue weighted by atomic mass is 9.96. The van der Waals surface area contributed by atoms with Gasteiger partial charge in [-0.1, -0.05) is 56.8 Å². The maximum absolute atomic E-state index is 12.3. The standard InChI is InChI=1S/C21H24N2O3/c1-14(2)19(16-9-6-5-7-10-16)23-21(25)26-18-12-8-11-17(13-18)22-20(24)15(3)4/h5-14,19H,3H2,1-2,4H3,(H,22,24)(H,23,25). The molecule has 0 heterocycles. The van der Waals surface area contributed by atoms with Gasteiger partial charge in [-0.05, 0) is 30.5 Å². The van der Waals surface area contributed by atoms with Crippen LogP contribution in [-0.2, 0) is 4.79 Å². The average Bonchev–Trinajstić information content (AvgIpc) is 2.60. The van der Waals surface area contributed by atoms with Crippen LogP contribution in [-0.4, -0.2) is 12.0 Å². The Bertz CT molecular complexity index is 785. The van der Waals surface area contributed by atoms with Gasteiger partial charge in [0.25, 0.3) is 5.91 Å². The number of hydrogen-bond acceptors (Lipinski definition) is 3. The minimum Gasteiger partial charge on any atom is -0.410 e. The van der Waals surface area contributed by atoms with E-state index in [0.717, 1.165) is 5.56 Å². The van der Waals surface area contributed by atoms with Crippen molar-refractivity contribution in [3.63, 3.8) is 0 Å². The zero-order valence-corrected chi connectivity index (χ0v) is 15.3. The predicted molar refractivity (Wildman–Crippen MR) is 103 cm³/mol. The van der Waals surface area contributed by atoms with Gasteiger partial charge in [0, 0.05) is 17.3 Å². The highest BCUT2D eigenvalue weighted by Crippen LogP contribution is 2.22. The molecule has 0 spiro atoms. The molecule has 0 radical (unpaired) electrons. The second kappa shape index (κ2) is 8.85. The molecule has 136 valence electrons. The molecule has 5 heteroatoms. The molecule has 26 heavy (non-hydrogen) atoms. The van der Waals surface area contributed by atoms with Gasteiger partial charge in [-0.2, -0.15) is 0 Å². The first-order valence-electron chi connectivity index (χ1n) is 8.47. The Morgan fingerprint density at radius 3 is 2.35 bits per heavy atom. The summed E-state index contributed by atoms with van der Waals surface area (Å²) in [7, 11) is 0. The molecule has 0 aliphatic heterocycles. The molecule has 0 fully saturated rings. The van der Waals surface area contributed by atoms with E-state index < -0.39 is 6.09 Å². The third-order valence-electron chi connectivity index (χ3n) is 3.79. The average molecular weight is 352 g/mol. The summed E-state index contributed by atoms with van der Waals surface area (Å²) in [5, 5.41) is 5.59. The predicted octanol–water partition coefficient (Wildman–Crippen LogP) is 4.69. The van der Waals surface area contributed by atoms with Crippen LogP contribution >= 0.6 is 0 Å². The minimum absolute atomic E-state index is 0.157. The summed E-state index contributed by atoms with van der Waals surface area (Å²) in [6, 6.07) is 16.3. The van der Waals surface area contributed by atoms with Crippen molar-refractivity contribution < 1.29 is 14.3 Å². The summed E-state index contributed by atoms with van der Waals surface area (Å²) < 4.78 is 5.38. The molecular formula is C21H24N2O3. The fourth-order valence-corrected chi connectivity index (χ4v) is 2.43. The van der Waals surface area contributed by atoms with Crippen molar-refractivity contribution in [2.24, 2.45) is 5.92 Å². The van der Waals surface area contributed by atoms with Crippen LogP contribution in [0.2, 0.25) is 0 Å². The molecule has 2 rings (SSSR count). The summed E-state index contributed by atoms with van der Waals surface area (Å²) in [6.45, 7) is 9.28. The van der Waals surface area contributed by atoms with Crippen molar-refractivity contribution in [2.45, 2.75) is 26.8 Å². The van der Waals surface area contributed by atoms with Crippen molar-refractivity contribution in [3.8, 4) is 5.75 Å². The Hall–Kier alpha value is -3.08. The summed E-state index contributed by atoms with van der Waals surface area (Å²) in [5.41, 5.74) is 1.95. The molecule has 5 nitrogen and oxygen atoms in total. The second-order valence-electron chi connectivity index (χ2n) is 6.43. The molecule has 0 bridgehead atoms. The van der Waals surface area contributed by atoms with Crippen molar-refractivity contribution in [3.05, 3.63) is 72.3 Å². The van der Waals surface area contributed by atoms with E-state index in [1.807, 2.05) is 44.2 Å². The summed E-state index contributed by atoms with van der Waals surface area (Å²) in [5.74, 6) is 0.263. The number of amides is 2. The molecule has 2 N–H and O–H groups in total. The summed E-state index contributed by atoms with van der Waals surface area (Å²) in [6.07, 6.45) is -0.545. The van der Waals surface area contributed by atoms with Crippen LogP contribution in [0.5, 0.6) is 5.75 Å². The number of rotatable bonds is 6. The van der Waals surface area contributed by atoms with Gasteiger partial charge < -0.3 is 15.4 Å². The van der Waals surface area contributed by atoms with Gasteiger partial charge in [0.05, 0.1) is 6.04 Å². The summed E-state index contributed by atoms with van der Waals surface area (Å²) >= 11 is 0. The number of anilines is 1. The Morgan fingerprint density at radius 1 is 1.04 bits per heavy atom. The van der Waals surface area contributed by atoms with Crippen LogP contribution in [0.25, 0.3) is 0 Å². The first-order valence-corrected chi connectivity index (χ1v) is 8.47. The Balaban J connectivity index is 2.05. The topological polar surface area (TPSA) is 67.4 Å². The molecule has 0 saturated heterocycles. The van der Waals surface area contributed by atoms with E-state index in [1.165, 1.54) is 0 Å². The fourth-order valence-electron chi connectivity index (χ4n) is 2.43. The molecule has 0 aromatic heterocycles. The van der Waals surface area contributed by atoms with Crippen molar-refractivity contribution >= 4 is 17.7 Å². The van der Waals surface area contributed by atoms with Crippen molar-refractivity contribution in [2.75, 3.05) is 5.32 Å². The van der Waals surface area contributed by atoms with Crippen LogP contribution < -0.4 is 15.4 Å². The molecular weight excluding hydrogens is 328 g/mol. The van der Waals surface area contributed by atoms with Gasteiger partial charge in [-0.25, -0.2) is 4.79 Å². The largest absolute Gasteiger partial charge is 0.413 e. The van der Waals surface area contributed by atoms with Crippen LogP contribution in [0, 0.1) is 5.92 Å². The highest BCUT2D eigenvalue weighted by Gasteiger charge is 2.19. The second-order valence-corrected chi connectivity index (χ2v) is 6.43.